The maximum atomic E-state index is 12.9. The van der Waals surface area contributed by atoms with Crippen molar-refractivity contribution < 1.29 is 9.18 Å². The lowest BCUT2D eigenvalue weighted by atomic mass is 10.2. The van der Waals surface area contributed by atoms with E-state index in [2.05, 4.69) is 10.3 Å². The number of benzene rings is 1. The SMILES string of the molecule is CCNc1ccc(C(=O)N(C)Cc2ccc(F)cc2)cn1. The van der Waals surface area contributed by atoms with Crippen molar-refractivity contribution in [3.8, 4) is 0 Å². The topological polar surface area (TPSA) is 45.2 Å². The van der Waals surface area contributed by atoms with Crippen LogP contribution in [0.4, 0.5) is 10.2 Å². The van der Waals surface area contributed by atoms with Gasteiger partial charge in [0.2, 0.25) is 0 Å². The monoisotopic (exact) mass is 287 g/mol. The summed E-state index contributed by atoms with van der Waals surface area (Å²) in [5.74, 6) is 0.348. The van der Waals surface area contributed by atoms with Crippen molar-refractivity contribution in [2.45, 2.75) is 13.5 Å². The van der Waals surface area contributed by atoms with Crippen LogP contribution in [-0.4, -0.2) is 29.4 Å². The number of halogens is 1. The van der Waals surface area contributed by atoms with Crippen LogP contribution in [0.3, 0.4) is 0 Å². The molecular formula is C16H18FN3O. The van der Waals surface area contributed by atoms with Crippen molar-refractivity contribution in [1.82, 2.24) is 9.88 Å². The average Bonchev–Trinajstić information content (AvgIpc) is 2.50. The van der Waals surface area contributed by atoms with Gasteiger partial charge in [0.25, 0.3) is 5.91 Å². The number of hydrogen-bond acceptors (Lipinski definition) is 3. The zero-order valence-corrected chi connectivity index (χ0v) is 12.1. The largest absolute Gasteiger partial charge is 0.370 e. The minimum Gasteiger partial charge on any atom is -0.370 e. The fourth-order valence-corrected chi connectivity index (χ4v) is 1.96. The molecule has 0 saturated carbocycles. The van der Waals surface area contributed by atoms with Crippen LogP contribution in [0.1, 0.15) is 22.8 Å². The molecule has 0 aliphatic carbocycles. The molecule has 1 amide bonds. The Bertz CT molecular complexity index is 596. The molecule has 21 heavy (non-hydrogen) atoms. The van der Waals surface area contributed by atoms with Crippen LogP contribution >= 0.6 is 0 Å². The minimum atomic E-state index is -0.282. The molecule has 1 heterocycles. The van der Waals surface area contributed by atoms with Crippen molar-refractivity contribution in [2.24, 2.45) is 0 Å². The van der Waals surface area contributed by atoms with Gasteiger partial charge in [-0.3, -0.25) is 4.79 Å². The Hall–Kier alpha value is -2.43. The summed E-state index contributed by atoms with van der Waals surface area (Å²) in [5, 5.41) is 3.08. The van der Waals surface area contributed by atoms with Crippen molar-refractivity contribution in [2.75, 3.05) is 18.9 Å². The maximum Gasteiger partial charge on any atom is 0.255 e. The Kier molecular flexibility index (Phi) is 4.87. The van der Waals surface area contributed by atoms with E-state index in [9.17, 15) is 9.18 Å². The molecule has 0 aliphatic rings. The number of nitrogens with one attached hydrogen (secondary N) is 1. The Morgan fingerprint density at radius 1 is 1.24 bits per heavy atom. The molecule has 0 radical (unpaired) electrons. The van der Waals surface area contributed by atoms with Crippen LogP contribution in [0.2, 0.25) is 0 Å². The van der Waals surface area contributed by atoms with Crippen molar-refractivity contribution >= 4 is 11.7 Å². The second-order valence-corrected chi connectivity index (χ2v) is 4.75. The van der Waals surface area contributed by atoms with E-state index in [0.717, 1.165) is 17.9 Å². The Morgan fingerprint density at radius 3 is 2.52 bits per heavy atom. The zero-order valence-electron chi connectivity index (χ0n) is 12.1. The van der Waals surface area contributed by atoms with Crippen LogP contribution in [0, 0.1) is 5.82 Å². The summed E-state index contributed by atoms with van der Waals surface area (Å²) in [5.41, 5.74) is 1.41. The summed E-state index contributed by atoms with van der Waals surface area (Å²) in [7, 11) is 1.71. The molecule has 0 spiro atoms. The van der Waals surface area contributed by atoms with Gasteiger partial charge in [-0.25, -0.2) is 9.37 Å². The number of carbonyl (C=O) groups excluding carboxylic acids is 1. The highest BCUT2D eigenvalue weighted by atomic mass is 19.1. The number of amides is 1. The van der Waals surface area contributed by atoms with Crippen LogP contribution < -0.4 is 5.32 Å². The summed E-state index contributed by atoms with van der Waals surface area (Å²) < 4.78 is 12.9. The van der Waals surface area contributed by atoms with Gasteiger partial charge < -0.3 is 10.2 Å². The van der Waals surface area contributed by atoms with E-state index in [1.54, 1.807) is 42.4 Å². The smallest absolute Gasteiger partial charge is 0.255 e. The van der Waals surface area contributed by atoms with E-state index in [4.69, 9.17) is 0 Å². The summed E-state index contributed by atoms with van der Waals surface area (Å²) >= 11 is 0. The first kappa shape index (κ1) is 15.0. The second-order valence-electron chi connectivity index (χ2n) is 4.75. The Balaban J connectivity index is 2.02. The van der Waals surface area contributed by atoms with Gasteiger partial charge in [-0.2, -0.15) is 0 Å². The highest BCUT2D eigenvalue weighted by Gasteiger charge is 2.12. The lowest BCUT2D eigenvalue weighted by Gasteiger charge is -2.17. The molecule has 0 atom stereocenters. The molecule has 5 heteroatoms. The normalized spacial score (nSPS) is 10.2. The summed E-state index contributed by atoms with van der Waals surface area (Å²) in [6, 6.07) is 9.65. The maximum absolute atomic E-state index is 12.9. The molecule has 0 aliphatic heterocycles. The molecule has 0 unspecified atom stereocenters. The number of aromatic nitrogens is 1. The molecule has 4 nitrogen and oxygen atoms in total. The van der Waals surface area contributed by atoms with Gasteiger partial charge in [-0.1, -0.05) is 12.1 Å². The third-order valence-corrected chi connectivity index (χ3v) is 3.05. The highest BCUT2D eigenvalue weighted by Crippen LogP contribution is 2.10. The molecule has 0 saturated heterocycles. The first-order valence-corrected chi connectivity index (χ1v) is 6.80. The number of hydrogen-bond donors (Lipinski definition) is 1. The second kappa shape index (κ2) is 6.83. The van der Waals surface area contributed by atoms with Crippen LogP contribution in [-0.2, 0) is 6.54 Å². The van der Waals surface area contributed by atoms with Gasteiger partial charge in [0.1, 0.15) is 11.6 Å². The van der Waals surface area contributed by atoms with E-state index in [0.29, 0.717) is 12.1 Å². The van der Waals surface area contributed by atoms with Crippen LogP contribution in [0.15, 0.2) is 42.6 Å². The molecule has 110 valence electrons. The average molecular weight is 287 g/mol. The predicted molar refractivity (Wildman–Crippen MR) is 80.6 cm³/mol. The van der Waals surface area contributed by atoms with E-state index >= 15 is 0 Å². The van der Waals surface area contributed by atoms with Gasteiger partial charge >= 0.3 is 0 Å². The van der Waals surface area contributed by atoms with Gasteiger partial charge in [0.15, 0.2) is 0 Å². The van der Waals surface area contributed by atoms with Crippen LogP contribution in [0.5, 0.6) is 0 Å². The fraction of sp³-hybridized carbons (Fsp3) is 0.250. The predicted octanol–water partition coefficient (Wildman–Crippen LogP) is 2.92. The molecule has 1 aromatic carbocycles. The molecule has 2 aromatic rings. The van der Waals surface area contributed by atoms with Crippen molar-refractivity contribution in [1.29, 1.82) is 0 Å². The van der Waals surface area contributed by atoms with Crippen molar-refractivity contribution in [3.05, 3.63) is 59.5 Å². The van der Waals surface area contributed by atoms with Gasteiger partial charge in [-0.15, -0.1) is 0 Å². The fourth-order valence-electron chi connectivity index (χ4n) is 1.96. The zero-order chi connectivity index (χ0) is 15.2. The summed E-state index contributed by atoms with van der Waals surface area (Å²) in [6.07, 6.45) is 1.56. The third-order valence-electron chi connectivity index (χ3n) is 3.05. The minimum absolute atomic E-state index is 0.116. The van der Waals surface area contributed by atoms with E-state index in [1.165, 1.54) is 12.1 Å². The standard InChI is InChI=1S/C16H18FN3O/c1-3-18-15-9-6-13(10-19-15)16(21)20(2)11-12-4-7-14(17)8-5-12/h4-10H,3,11H2,1-2H3,(H,18,19). The number of rotatable bonds is 5. The highest BCUT2D eigenvalue weighted by molar-refractivity contribution is 5.93. The molecule has 1 aromatic heterocycles. The molecule has 0 bridgehead atoms. The lowest BCUT2D eigenvalue weighted by molar-refractivity contribution is 0.0784. The summed E-state index contributed by atoms with van der Waals surface area (Å²) in [6.45, 7) is 3.19. The summed E-state index contributed by atoms with van der Waals surface area (Å²) in [4.78, 5) is 18.0. The third kappa shape index (κ3) is 4.02. The van der Waals surface area contributed by atoms with Gasteiger partial charge in [-0.05, 0) is 36.8 Å². The number of anilines is 1. The van der Waals surface area contributed by atoms with E-state index in [1.807, 2.05) is 6.92 Å². The van der Waals surface area contributed by atoms with E-state index < -0.39 is 0 Å². The Morgan fingerprint density at radius 2 is 1.95 bits per heavy atom. The number of carbonyl (C=O) groups is 1. The first-order valence-electron chi connectivity index (χ1n) is 6.80. The molecular weight excluding hydrogens is 269 g/mol. The van der Waals surface area contributed by atoms with E-state index in [-0.39, 0.29) is 11.7 Å². The number of nitrogens with zero attached hydrogens (tertiary/aromatic N) is 2. The van der Waals surface area contributed by atoms with Crippen molar-refractivity contribution in [3.63, 3.8) is 0 Å². The molecule has 1 N–H and O–H groups in total. The first-order chi connectivity index (χ1) is 10.1. The quantitative estimate of drug-likeness (QED) is 0.919. The molecule has 2 rings (SSSR count). The Labute approximate surface area is 123 Å². The number of pyridine rings is 1. The van der Waals surface area contributed by atoms with Crippen LogP contribution in [0.25, 0.3) is 0 Å². The lowest BCUT2D eigenvalue weighted by Crippen LogP contribution is -2.26. The van der Waals surface area contributed by atoms with Gasteiger partial charge in [0.05, 0.1) is 5.56 Å². The van der Waals surface area contributed by atoms with Gasteiger partial charge in [0, 0.05) is 26.3 Å². The molecule has 0 fully saturated rings.